The number of nitrogens with one attached hydrogen (secondary N) is 1. The van der Waals surface area contributed by atoms with Crippen molar-refractivity contribution in [3.8, 4) is 0 Å². The molecule has 4 nitrogen and oxygen atoms in total. The highest BCUT2D eigenvalue weighted by atomic mass is 16.5. The van der Waals surface area contributed by atoms with Crippen LogP contribution >= 0.6 is 0 Å². The third-order valence-corrected chi connectivity index (χ3v) is 2.92. The van der Waals surface area contributed by atoms with Crippen molar-refractivity contribution in [1.29, 1.82) is 0 Å². The molecule has 1 unspecified atom stereocenters. The van der Waals surface area contributed by atoms with Gasteiger partial charge in [-0.3, -0.25) is 4.79 Å². The second-order valence-electron chi connectivity index (χ2n) is 4.31. The monoisotopic (exact) mass is 234 g/mol. The summed E-state index contributed by atoms with van der Waals surface area (Å²) in [5.74, 6) is -0.0738. The van der Waals surface area contributed by atoms with Gasteiger partial charge in [-0.05, 0) is 37.5 Å². The fourth-order valence-electron chi connectivity index (χ4n) is 2.00. The summed E-state index contributed by atoms with van der Waals surface area (Å²) in [6.45, 7) is 1.51. The van der Waals surface area contributed by atoms with Crippen LogP contribution in [-0.4, -0.2) is 25.2 Å². The molecule has 2 rings (SSSR count). The number of nitrogen functional groups attached to an aromatic ring is 1. The number of carbonyl (C=O) groups excluding carboxylic acids is 1. The minimum atomic E-state index is -0.0738. The largest absolute Gasteiger partial charge is 0.399 e. The van der Waals surface area contributed by atoms with Crippen LogP contribution in [0.1, 0.15) is 29.6 Å². The van der Waals surface area contributed by atoms with E-state index in [9.17, 15) is 4.79 Å². The molecule has 1 heterocycles. The van der Waals surface area contributed by atoms with E-state index in [2.05, 4.69) is 5.32 Å². The highest BCUT2D eigenvalue weighted by Gasteiger charge is 2.15. The second-order valence-corrected chi connectivity index (χ2v) is 4.31. The minimum absolute atomic E-state index is 0.0738. The van der Waals surface area contributed by atoms with Crippen molar-refractivity contribution in [1.82, 2.24) is 5.32 Å². The molecule has 0 spiro atoms. The van der Waals surface area contributed by atoms with Crippen molar-refractivity contribution in [2.45, 2.75) is 25.4 Å². The first-order chi connectivity index (χ1) is 8.25. The molecule has 1 fully saturated rings. The Morgan fingerprint density at radius 2 is 2.41 bits per heavy atom. The number of benzene rings is 1. The Bertz CT molecular complexity index is 387. The molecule has 1 aromatic carbocycles. The van der Waals surface area contributed by atoms with Crippen molar-refractivity contribution < 1.29 is 9.53 Å². The lowest BCUT2D eigenvalue weighted by Gasteiger charge is -2.10. The van der Waals surface area contributed by atoms with Gasteiger partial charge in [0.1, 0.15) is 0 Å². The summed E-state index contributed by atoms with van der Waals surface area (Å²) in [6, 6.07) is 6.99. The fourth-order valence-corrected chi connectivity index (χ4v) is 2.00. The molecule has 92 valence electrons. The molecule has 1 atom stereocenters. The zero-order valence-electron chi connectivity index (χ0n) is 9.82. The van der Waals surface area contributed by atoms with Crippen LogP contribution in [0.3, 0.4) is 0 Å². The van der Waals surface area contributed by atoms with Crippen LogP contribution in [0.4, 0.5) is 5.69 Å². The number of carbonyl (C=O) groups is 1. The van der Waals surface area contributed by atoms with Gasteiger partial charge in [0.15, 0.2) is 0 Å². The maximum atomic E-state index is 11.8. The molecule has 3 N–H and O–H groups in total. The summed E-state index contributed by atoms with van der Waals surface area (Å²) in [4.78, 5) is 11.8. The average Bonchev–Trinajstić information content (AvgIpc) is 2.82. The number of ether oxygens (including phenoxy) is 1. The van der Waals surface area contributed by atoms with Gasteiger partial charge in [0.2, 0.25) is 0 Å². The predicted octanol–water partition coefficient (Wildman–Crippen LogP) is 1.57. The highest BCUT2D eigenvalue weighted by Crippen LogP contribution is 2.14. The zero-order valence-corrected chi connectivity index (χ0v) is 9.82. The summed E-state index contributed by atoms with van der Waals surface area (Å²) >= 11 is 0. The molecule has 0 saturated carbocycles. The lowest BCUT2D eigenvalue weighted by atomic mass is 10.1. The van der Waals surface area contributed by atoms with Crippen LogP contribution in [0.15, 0.2) is 24.3 Å². The molecule has 1 aliphatic heterocycles. The number of nitrogens with two attached hydrogens (primary N) is 1. The summed E-state index contributed by atoms with van der Waals surface area (Å²) in [6.07, 6.45) is 3.44. The maximum absolute atomic E-state index is 11.8. The lowest BCUT2D eigenvalue weighted by molar-refractivity contribution is 0.0907. The molecule has 1 aliphatic rings. The molecule has 17 heavy (non-hydrogen) atoms. The van der Waals surface area contributed by atoms with E-state index in [-0.39, 0.29) is 5.91 Å². The fraction of sp³-hybridized carbons (Fsp3) is 0.462. The van der Waals surface area contributed by atoms with Gasteiger partial charge in [0.25, 0.3) is 5.91 Å². The third-order valence-electron chi connectivity index (χ3n) is 2.92. The Hall–Kier alpha value is -1.55. The van der Waals surface area contributed by atoms with Gasteiger partial charge >= 0.3 is 0 Å². The standard InChI is InChI=1S/C13H18N2O2/c14-11-4-1-3-10(9-11)13(16)15-7-6-12-5-2-8-17-12/h1,3-4,9,12H,2,5-8,14H2,(H,15,16). The Labute approximate surface area is 101 Å². The zero-order chi connectivity index (χ0) is 12.1. The van der Waals surface area contributed by atoms with Gasteiger partial charge in [0.05, 0.1) is 6.10 Å². The SMILES string of the molecule is Nc1cccc(C(=O)NCCC2CCCO2)c1. The van der Waals surface area contributed by atoms with Crippen LogP contribution in [0.25, 0.3) is 0 Å². The molecule has 0 aliphatic carbocycles. The second kappa shape index (κ2) is 5.68. The highest BCUT2D eigenvalue weighted by molar-refractivity contribution is 5.94. The van der Waals surface area contributed by atoms with Gasteiger partial charge in [-0.1, -0.05) is 6.07 Å². The lowest BCUT2D eigenvalue weighted by Crippen LogP contribution is -2.27. The van der Waals surface area contributed by atoms with Gasteiger partial charge in [0, 0.05) is 24.4 Å². The van der Waals surface area contributed by atoms with Crippen molar-refractivity contribution in [2.75, 3.05) is 18.9 Å². The van der Waals surface area contributed by atoms with Gasteiger partial charge < -0.3 is 15.8 Å². The predicted molar refractivity (Wildman–Crippen MR) is 66.8 cm³/mol. The summed E-state index contributed by atoms with van der Waals surface area (Å²) in [5, 5.41) is 2.88. The Kier molecular flexibility index (Phi) is 3.98. The molecule has 0 aromatic heterocycles. The van der Waals surface area contributed by atoms with E-state index in [0.29, 0.717) is 23.9 Å². The molecule has 0 bridgehead atoms. The number of hydrogen-bond acceptors (Lipinski definition) is 3. The van der Waals surface area contributed by atoms with E-state index in [1.165, 1.54) is 0 Å². The average molecular weight is 234 g/mol. The third kappa shape index (κ3) is 3.46. The van der Waals surface area contributed by atoms with Crippen molar-refractivity contribution in [3.05, 3.63) is 29.8 Å². The van der Waals surface area contributed by atoms with E-state index in [0.717, 1.165) is 25.9 Å². The van der Waals surface area contributed by atoms with E-state index < -0.39 is 0 Å². The Balaban J connectivity index is 1.77. The Morgan fingerprint density at radius 1 is 1.53 bits per heavy atom. The number of amides is 1. The number of anilines is 1. The van der Waals surface area contributed by atoms with Gasteiger partial charge in [-0.2, -0.15) is 0 Å². The summed E-state index contributed by atoms with van der Waals surface area (Å²) < 4.78 is 5.49. The topological polar surface area (TPSA) is 64.4 Å². The van der Waals surface area contributed by atoms with E-state index in [1.54, 1.807) is 24.3 Å². The van der Waals surface area contributed by atoms with Crippen molar-refractivity contribution >= 4 is 11.6 Å². The number of hydrogen-bond donors (Lipinski definition) is 2. The molecule has 4 heteroatoms. The Morgan fingerprint density at radius 3 is 3.12 bits per heavy atom. The minimum Gasteiger partial charge on any atom is -0.399 e. The molecule has 1 aromatic rings. The first-order valence-corrected chi connectivity index (χ1v) is 6.01. The summed E-state index contributed by atoms with van der Waals surface area (Å²) in [5.41, 5.74) is 6.84. The maximum Gasteiger partial charge on any atom is 0.251 e. The van der Waals surface area contributed by atoms with Gasteiger partial charge in [-0.25, -0.2) is 0 Å². The van der Waals surface area contributed by atoms with Crippen LogP contribution in [0.5, 0.6) is 0 Å². The van der Waals surface area contributed by atoms with Gasteiger partial charge in [-0.15, -0.1) is 0 Å². The van der Waals surface area contributed by atoms with Crippen LogP contribution < -0.4 is 11.1 Å². The first kappa shape index (κ1) is 11.9. The van der Waals surface area contributed by atoms with Crippen LogP contribution in [0.2, 0.25) is 0 Å². The van der Waals surface area contributed by atoms with E-state index in [4.69, 9.17) is 10.5 Å². The van der Waals surface area contributed by atoms with E-state index >= 15 is 0 Å². The molecular weight excluding hydrogens is 216 g/mol. The smallest absolute Gasteiger partial charge is 0.251 e. The molecule has 1 saturated heterocycles. The summed E-state index contributed by atoms with van der Waals surface area (Å²) in [7, 11) is 0. The van der Waals surface area contributed by atoms with Crippen molar-refractivity contribution in [2.24, 2.45) is 0 Å². The molecule has 0 radical (unpaired) electrons. The van der Waals surface area contributed by atoms with Crippen LogP contribution in [-0.2, 0) is 4.74 Å². The first-order valence-electron chi connectivity index (χ1n) is 6.01. The molecule has 1 amide bonds. The van der Waals surface area contributed by atoms with Crippen molar-refractivity contribution in [3.63, 3.8) is 0 Å². The number of rotatable bonds is 4. The van der Waals surface area contributed by atoms with Crippen LogP contribution in [0, 0.1) is 0 Å². The normalized spacial score (nSPS) is 19.2. The van der Waals surface area contributed by atoms with E-state index in [1.807, 2.05) is 0 Å². The molecular formula is C13H18N2O2. The quantitative estimate of drug-likeness (QED) is 0.777.